The third kappa shape index (κ3) is 6.60. The lowest BCUT2D eigenvalue weighted by atomic mass is 9.47. The van der Waals surface area contributed by atoms with E-state index in [1.807, 2.05) is 0 Å². The molecule has 0 aromatic rings. The Morgan fingerprint density at radius 1 is 1.00 bits per heavy atom. The zero-order valence-electron chi connectivity index (χ0n) is 26.0. The number of carbonyl (C=O) groups is 1. The van der Waals surface area contributed by atoms with Gasteiger partial charge in [-0.3, -0.25) is 4.79 Å². The molecule has 0 aromatic carbocycles. The van der Waals surface area contributed by atoms with Gasteiger partial charge in [0, 0.05) is 6.42 Å². The van der Waals surface area contributed by atoms with Gasteiger partial charge in [0.1, 0.15) is 6.10 Å². The fourth-order valence-electron chi connectivity index (χ4n) is 10.6. The SMILES string of the molecule is CC(C)CCCC(C)C1CCC2C3CC=C4CC(OC(=O)CC[NH+]5CCCCC5)CCC4(C)C3CCC12C.[Cl-]. The van der Waals surface area contributed by atoms with Gasteiger partial charge in [-0.1, -0.05) is 65.5 Å². The summed E-state index contributed by atoms with van der Waals surface area (Å²) in [6.07, 6.45) is 22.0. The highest BCUT2D eigenvalue weighted by atomic mass is 35.5. The molecule has 0 spiro atoms. The summed E-state index contributed by atoms with van der Waals surface area (Å²) in [6.45, 7) is 16.1. The fraction of sp³-hybridized carbons (Fsp3) is 0.914. The Balaban J connectivity index is 0.00000353. The van der Waals surface area contributed by atoms with Gasteiger partial charge in [-0.15, -0.1) is 0 Å². The van der Waals surface area contributed by atoms with Crippen molar-refractivity contribution in [1.29, 1.82) is 0 Å². The number of rotatable bonds is 9. The molecule has 0 radical (unpaired) electrons. The van der Waals surface area contributed by atoms with Gasteiger partial charge in [-0.2, -0.15) is 0 Å². The van der Waals surface area contributed by atoms with E-state index in [2.05, 4.69) is 40.7 Å². The molecule has 5 rings (SSSR count). The number of quaternary nitrogens is 1. The minimum atomic E-state index is 0. The summed E-state index contributed by atoms with van der Waals surface area (Å²) in [5.41, 5.74) is 2.54. The van der Waals surface area contributed by atoms with Crippen molar-refractivity contribution in [3.63, 3.8) is 0 Å². The van der Waals surface area contributed by atoms with E-state index in [-0.39, 0.29) is 24.5 Å². The van der Waals surface area contributed by atoms with Crippen LogP contribution < -0.4 is 17.3 Å². The molecule has 1 heterocycles. The molecular formula is C35H60ClNO2. The maximum Gasteiger partial charge on any atom is 0.311 e. The number of hydrogen-bond donors (Lipinski definition) is 1. The summed E-state index contributed by atoms with van der Waals surface area (Å²) in [5, 5.41) is 0. The van der Waals surface area contributed by atoms with Gasteiger partial charge in [-0.25, -0.2) is 0 Å². The van der Waals surface area contributed by atoms with E-state index in [0.717, 1.165) is 54.9 Å². The molecule has 39 heavy (non-hydrogen) atoms. The predicted molar refractivity (Wildman–Crippen MR) is 157 cm³/mol. The van der Waals surface area contributed by atoms with Crippen LogP contribution in [0.15, 0.2) is 11.6 Å². The van der Waals surface area contributed by atoms with Gasteiger partial charge in [0.15, 0.2) is 0 Å². The third-order valence-corrected chi connectivity index (χ3v) is 12.8. The topological polar surface area (TPSA) is 30.7 Å². The van der Waals surface area contributed by atoms with Crippen LogP contribution >= 0.6 is 0 Å². The monoisotopic (exact) mass is 561 g/mol. The molecule has 0 bridgehead atoms. The molecule has 0 aromatic heterocycles. The van der Waals surface area contributed by atoms with Crippen molar-refractivity contribution in [1.82, 2.24) is 0 Å². The number of fused-ring (bicyclic) bond motifs is 5. The van der Waals surface area contributed by atoms with Crippen LogP contribution in [-0.4, -0.2) is 31.7 Å². The molecule has 3 saturated carbocycles. The van der Waals surface area contributed by atoms with Crippen molar-refractivity contribution in [3.8, 4) is 0 Å². The first-order valence-electron chi connectivity index (χ1n) is 16.9. The molecule has 4 aliphatic carbocycles. The van der Waals surface area contributed by atoms with Crippen LogP contribution in [0.25, 0.3) is 0 Å². The van der Waals surface area contributed by atoms with Crippen LogP contribution in [0.3, 0.4) is 0 Å². The molecule has 0 amide bonds. The van der Waals surface area contributed by atoms with Crippen LogP contribution in [-0.2, 0) is 9.53 Å². The quantitative estimate of drug-likeness (QED) is 0.334. The maximum atomic E-state index is 12.7. The number of carbonyl (C=O) groups excluding carboxylic acids is 1. The van der Waals surface area contributed by atoms with E-state index in [4.69, 9.17) is 4.74 Å². The van der Waals surface area contributed by atoms with E-state index in [1.165, 1.54) is 90.1 Å². The van der Waals surface area contributed by atoms with Crippen LogP contribution in [0.1, 0.15) is 131 Å². The minimum absolute atomic E-state index is 0. The maximum absolute atomic E-state index is 12.7. The molecule has 8 atom stereocenters. The Labute approximate surface area is 247 Å². The lowest BCUT2D eigenvalue weighted by molar-refractivity contribution is -0.904. The third-order valence-electron chi connectivity index (χ3n) is 12.8. The Morgan fingerprint density at radius 2 is 1.77 bits per heavy atom. The van der Waals surface area contributed by atoms with Crippen LogP contribution in [0, 0.1) is 46.3 Å². The first-order valence-corrected chi connectivity index (χ1v) is 16.9. The summed E-state index contributed by atoms with van der Waals surface area (Å²) in [5.74, 6) is 5.35. The minimum Gasteiger partial charge on any atom is -1.00 e. The van der Waals surface area contributed by atoms with E-state index in [9.17, 15) is 4.79 Å². The van der Waals surface area contributed by atoms with E-state index >= 15 is 0 Å². The van der Waals surface area contributed by atoms with Crippen LogP contribution in [0.4, 0.5) is 0 Å². The van der Waals surface area contributed by atoms with Gasteiger partial charge < -0.3 is 22.0 Å². The average molecular weight is 562 g/mol. The molecular weight excluding hydrogens is 502 g/mol. The first kappa shape index (κ1) is 31.4. The van der Waals surface area contributed by atoms with Gasteiger partial charge in [0.05, 0.1) is 26.1 Å². The smallest absolute Gasteiger partial charge is 0.311 e. The highest BCUT2D eigenvalue weighted by molar-refractivity contribution is 5.69. The Bertz CT molecular complexity index is 850. The second-order valence-electron chi connectivity index (χ2n) is 15.5. The molecule has 1 aliphatic heterocycles. The number of nitrogens with one attached hydrogen (secondary N) is 1. The van der Waals surface area contributed by atoms with Gasteiger partial charge >= 0.3 is 5.97 Å². The van der Waals surface area contributed by atoms with E-state index < -0.39 is 0 Å². The van der Waals surface area contributed by atoms with Crippen LogP contribution in [0.5, 0.6) is 0 Å². The van der Waals surface area contributed by atoms with Gasteiger partial charge in [0.25, 0.3) is 0 Å². The summed E-state index contributed by atoms with van der Waals surface area (Å²) in [6, 6.07) is 0. The normalized spacial score (nSPS) is 39.1. The Morgan fingerprint density at radius 3 is 2.51 bits per heavy atom. The lowest BCUT2D eigenvalue weighted by Crippen LogP contribution is -3.12. The molecule has 5 aliphatic rings. The van der Waals surface area contributed by atoms with Crippen molar-refractivity contribution < 1.29 is 26.8 Å². The van der Waals surface area contributed by atoms with Gasteiger partial charge in [-0.05, 0) is 111 Å². The number of allylic oxidation sites excluding steroid dienone is 1. The molecule has 224 valence electrons. The Hall–Kier alpha value is -0.540. The molecule has 3 nitrogen and oxygen atoms in total. The summed E-state index contributed by atoms with van der Waals surface area (Å²) >= 11 is 0. The molecule has 8 unspecified atom stereocenters. The highest BCUT2D eigenvalue weighted by Crippen LogP contribution is 2.67. The van der Waals surface area contributed by atoms with Crippen LogP contribution in [0.2, 0.25) is 0 Å². The Kier molecular flexibility index (Phi) is 10.6. The van der Waals surface area contributed by atoms with Crippen molar-refractivity contribution in [2.45, 2.75) is 137 Å². The van der Waals surface area contributed by atoms with Crippen molar-refractivity contribution in [3.05, 3.63) is 11.6 Å². The first-order chi connectivity index (χ1) is 18.2. The molecule has 1 saturated heterocycles. The number of halogens is 1. The summed E-state index contributed by atoms with van der Waals surface area (Å²) in [7, 11) is 0. The van der Waals surface area contributed by atoms with Crippen molar-refractivity contribution in [2.24, 2.45) is 46.3 Å². The number of ether oxygens (including phenoxy) is 1. The largest absolute Gasteiger partial charge is 1.00 e. The molecule has 4 fully saturated rings. The zero-order valence-corrected chi connectivity index (χ0v) is 26.8. The number of hydrogen-bond acceptors (Lipinski definition) is 2. The van der Waals surface area contributed by atoms with Gasteiger partial charge in [0.2, 0.25) is 0 Å². The second kappa shape index (κ2) is 13.2. The van der Waals surface area contributed by atoms with E-state index in [1.54, 1.807) is 10.5 Å². The summed E-state index contributed by atoms with van der Waals surface area (Å²) in [4.78, 5) is 14.3. The number of esters is 1. The number of likely N-dealkylation sites (tertiary alicyclic amines) is 1. The van der Waals surface area contributed by atoms with E-state index in [0.29, 0.717) is 17.3 Å². The molecule has 4 heteroatoms. The van der Waals surface area contributed by atoms with Crippen molar-refractivity contribution in [2.75, 3.05) is 19.6 Å². The highest BCUT2D eigenvalue weighted by Gasteiger charge is 2.59. The second-order valence-corrected chi connectivity index (χ2v) is 15.5. The molecule has 1 N–H and O–H groups in total. The summed E-state index contributed by atoms with van der Waals surface area (Å²) < 4.78 is 6.09. The lowest BCUT2D eigenvalue weighted by Gasteiger charge is -2.58. The average Bonchev–Trinajstić information content (AvgIpc) is 3.25. The zero-order chi connectivity index (χ0) is 26.9. The van der Waals surface area contributed by atoms with Crippen molar-refractivity contribution >= 4 is 5.97 Å². The fourth-order valence-corrected chi connectivity index (χ4v) is 10.6. The predicted octanol–water partition coefficient (Wildman–Crippen LogP) is 4.40. The standard InChI is InChI=1S/C35H59NO2.ClH/c1-25(2)10-9-11-26(3)30-14-15-31-29-13-12-27-24-28(38-33(37)18-23-36-21-7-6-8-22-36)16-19-34(27,4)32(29)17-20-35(30,31)5;/h12,25-26,28-32H,6-11,13-24H2,1-5H3;1H. The number of piperidine rings is 1.